The molecule has 4 rings (SSSR count). The lowest BCUT2D eigenvalue weighted by atomic mass is 9.98. The highest BCUT2D eigenvalue weighted by Crippen LogP contribution is 2.40. The van der Waals surface area contributed by atoms with Gasteiger partial charge in [-0.3, -0.25) is 0 Å². The second kappa shape index (κ2) is 6.70. The molecule has 2 bridgehead atoms. The molecule has 2 aliphatic heterocycles. The number of nitrogens with zero attached hydrogens (tertiary/aromatic N) is 4. The number of amides is 2. The number of piperidine rings is 1. The minimum Gasteiger partial charge on any atom is -0.378 e. The molecule has 1 aliphatic carbocycles. The van der Waals surface area contributed by atoms with Crippen LogP contribution < -0.4 is 5.32 Å². The third-order valence-electron chi connectivity index (χ3n) is 5.85. The molecule has 3 fully saturated rings. The van der Waals surface area contributed by atoms with Gasteiger partial charge < -0.3 is 15.0 Å². The van der Waals surface area contributed by atoms with Gasteiger partial charge in [0.15, 0.2) is 0 Å². The van der Waals surface area contributed by atoms with Gasteiger partial charge in [0.25, 0.3) is 0 Å². The van der Waals surface area contributed by atoms with Gasteiger partial charge in [-0.25, -0.2) is 9.48 Å². The molecule has 2 amide bonds. The summed E-state index contributed by atoms with van der Waals surface area (Å²) in [6.07, 6.45) is 10.9. The summed E-state index contributed by atoms with van der Waals surface area (Å²) >= 11 is 0. The van der Waals surface area contributed by atoms with Gasteiger partial charge in [-0.15, -0.1) is 5.10 Å². The first-order chi connectivity index (χ1) is 11.7. The van der Waals surface area contributed by atoms with Gasteiger partial charge in [0.05, 0.1) is 18.8 Å². The van der Waals surface area contributed by atoms with Crippen LogP contribution in [-0.2, 0) is 11.3 Å². The summed E-state index contributed by atoms with van der Waals surface area (Å²) in [5.74, 6) is 0. The molecule has 1 aromatic rings. The fourth-order valence-corrected chi connectivity index (χ4v) is 4.72. The lowest BCUT2D eigenvalue weighted by Gasteiger charge is -2.39. The van der Waals surface area contributed by atoms with E-state index in [9.17, 15) is 4.79 Å². The van der Waals surface area contributed by atoms with Gasteiger partial charge in [0.1, 0.15) is 5.69 Å². The van der Waals surface area contributed by atoms with Gasteiger partial charge in [0, 0.05) is 25.2 Å². The first-order valence-electron chi connectivity index (χ1n) is 9.23. The Hall–Kier alpha value is -1.63. The Morgan fingerprint density at radius 1 is 1.21 bits per heavy atom. The largest absolute Gasteiger partial charge is 0.378 e. The van der Waals surface area contributed by atoms with E-state index in [4.69, 9.17) is 4.74 Å². The molecule has 2 unspecified atom stereocenters. The van der Waals surface area contributed by atoms with Crippen molar-refractivity contribution in [2.45, 2.75) is 82.1 Å². The SMILES string of the molecule is COCc1cn(C2CC3CCC(C2)N3C(=O)NC2CCCC2)nn1. The number of carbonyl (C=O) groups excluding carboxylic acids is 1. The number of hydrogen-bond acceptors (Lipinski definition) is 4. The maximum atomic E-state index is 12.7. The van der Waals surface area contributed by atoms with E-state index >= 15 is 0 Å². The third-order valence-corrected chi connectivity index (χ3v) is 5.85. The molecule has 1 saturated carbocycles. The molecule has 0 spiro atoms. The van der Waals surface area contributed by atoms with Crippen LogP contribution in [0.5, 0.6) is 0 Å². The average Bonchev–Trinajstić information content (AvgIpc) is 3.28. The van der Waals surface area contributed by atoms with Crippen LogP contribution in [0.4, 0.5) is 4.79 Å². The lowest BCUT2D eigenvalue weighted by molar-refractivity contribution is 0.117. The Morgan fingerprint density at radius 3 is 2.58 bits per heavy atom. The van der Waals surface area contributed by atoms with Crippen molar-refractivity contribution in [3.8, 4) is 0 Å². The van der Waals surface area contributed by atoms with Gasteiger partial charge in [0.2, 0.25) is 0 Å². The summed E-state index contributed by atoms with van der Waals surface area (Å²) in [6.45, 7) is 0.496. The quantitative estimate of drug-likeness (QED) is 0.917. The minimum absolute atomic E-state index is 0.159. The molecule has 3 aliphatic rings. The number of carbonyl (C=O) groups is 1. The summed E-state index contributed by atoms with van der Waals surface area (Å²) < 4.78 is 7.10. The molecule has 3 heterocycles. The van der Waals surface area contributed by atoms with Gasteiger partial charge in [-0.1, -0.05) is 18.1 Å². The number of ether oxygens (including phenoxy) is 1. The second-order valence-electron chi connectivity index (χ2n) is 7.47. The summed E-state index contributed by atoms with van der Waals surface area (Å²) in [6, 6.07) is 1.57. The Bertz CT molecular complexity index is 569. The number of aromatic nitrogens is 3. The smallest absolute Gasteiger partial charge is 0.318 e. The monoisotopic (exact) mass is 333 g/mol. The second-order valence-corrected chi connectivity index (χ2v) is 7.47. The number of hydrogen-bond donors (Lipinski definition) is 1. The zero-order chi connectivity index (χ0) is 16.5. The Balaban J connectivity index is 1.40. The molecule has 0 radical (unpaired) electrons. The van der Waals surface area contributed by atoms with Crippen molar-refractivity contribution in [1.29, 1.82) is 0 Å². The van der Waals surface area contributed by atoms with E-state index in [0.29, 0.717) is 30.8 Å². The zero-order valence-corrected chi connectivity index (χ0v) is 14.4. The highest BCUT2D eigenvalue weighted by atomic mass is 16.5. The maximum Gasteiger partial charge on any atom is 0.318 e. The number of nitrogens with one attached hydrogen (secondary N) is 1. The van der Waals surface area contributed by atoms with E-state index in [2.05, 4.69) is 20.5 Å². The summed E-state index contributed by atoms with van der Waals surface area (Å²) in [4.78, 5) is 14.8. The van der Waals surface area contributed by atoms with Crippen LogP contribution in [0, 0.1) is 0 Å². The molecular weight excluding hydrogens is 306 g/mol. The van der Waals surface area contributed by atoms with Gasteiger partial charge in [-0.2, -0.15) is 0 Å². The molecule has 1 N–H and O–H groups in total. The lowest BCUT2D eigenvalue weighted by Crippen LogP contribution is -2.52. The molecule has 24 heavy (non-hydrogen) atoms. The number of methoxy groups -OCH3 is 1. The van der Waals surface area contributed by atoms with Crippen LogP contribution in [0.2, 0.25) is 0 Å². The molecule has 2 atom stereocenters. The fraction of sp³-hybridized carbons (Fsp3) is 0.824. The Morgan fingerprint density at radius 2 is 1.92 bits per heavy atom. The zero-order valence-electron chi connectivity index (χ0n) is 14.4. The molecule has 1 aromatic heterocycles. The first-order valence-corrected chi connectivity index (χ1v) is 9.23. The van der Waals surface area contributed by atoms with Gasteiger partial charge in [-0.05, 0) is 38.5 Å². The highest BCUT2D eigenvalue weighted by Gasteiger charge is 2.44. The Labute approximate surface area is 142 Å². The van der Waals surface area contributed by atoms with E-state index < -0.39 is 0 Å². The molecule has 7 nitrogen and oxygen atoms in total. The highest BCUT2D eigenvalue weighted by molar-refractivity contribution is 5.75. The first kappa shape index (κ1) is 15.9. The summed E-state index contributed by atoms with van der Waals surface area (Å²) in [5.41, 5.74) is 0.867. The molecular formula is C17H27N5O2. The average molecular weight is 333 g/mol. The van der Waals surface area contributed by atoms with Crippen molar-refractivity contribution >= 4 is 6.03 Å². The summed E-state index contributed by atoms with van der Waals surface area (Å²) in [7, 11) is 1.67. The van der Waals surface area contributed by atoms with E-state index in [0.717, 1.165) is 44.2 Å². The maximum absolute atomic E-state index is 12.7. The third kappa shape index (κ3) is 3.01. The van der Waals surface area contributed by atoms with Crippen LogP contribution in [0.25, 0.3) is 0 Å². The van der Waals surface area contributed by atoms with Crippen molar-refractivity contribution in [1.82, 2.24) is 25.2 Å². The molecule has 132 valence electrons. The predicted molar refractivity (Wildman–Crippen MR) is 88.4 cm³/mol. The van der Waals surface area contributed by atoms with Crippen molar-refractivity contribution in [3.05, 3.63) is 11.9 Å². The predicted octanol–water partition coefficient (Wildman–Crippen LogP) is 2.24. The normalized spacial score (nSPS) is 30.0. The number of urea groups is 1. The fourth-order valence-electron chi connectivity index (χ4n) is 4.72. The van der Waals surface area contributed by atoms with Crippen LogP contribution in [0.15, 0.2) is 6.20 Å². The van der Waals surface area contributed by atoms with Crippen molar-refractivity contribution in [2.75, 3.05) is 7.11 Å². The van der Waals surface area contributed by atoms with Crippen LogP contribution in [0.1, 0.15) is 63.1 Å². The van der Waals surface area contributed by atoms with Crippen LogP contribution >= 0.6 is 0 Å². The Kier molecular flexibility index (Phi) is 4.43. The van der Waals surface area contributed by atoms with Gasteiger partial charge >= 0.3 is 6.03 Å². The topological polar surface area (TPSA) is 72.3 Å². The van der Waals surface area contributed by atoms with Crippen molar-refractivity contribution in [3.63, 3.8) is 0 Å². The molecule has 2 saturated heterocycles. The van der Waals surface area contributed by atoms with E-state index in [1.165, 1.54) is 12.8 Å². The minimum atomic E-state index is 0.159. The van der Waals surface area contributed by atoms with Crippen LogP contribution in [-0.4, -0.2) is 51.2 Å². The summed E-state index contributed by atoms with van der Waals surface area (Å²) in [5, 5.41) is 11.7. The van der Waals surface area contributed by atoms with E-state index in [-0.39, 0.29) is 6.03 Å². The van der Waals surface area contributed by atoms with E-state index in [1.807, 2.05) is 10.9 Å². The van der Waals surface area contributed by atoms with E-state index in [1.54, 1.807) is 7.11 Å². The number of rotatable bonds is 4. The van der Waals surface area contributed by atoms with Crippen LogP contribution in [0.3, 0.4) is 0 Å². The molecule has 0 aromatic carbocycles. The molecule has 7 heteroatoms. The van der Waals surface area contributed by atoms with Crippen molar-refractivity contribution < 1.29 is 9.53 Å². The standard InChI is InChI=1S/C17H27N5O2/c1-24-11-13-10-21(20-19-13)16-8-14-6-7-15(9-16)22(14)17(23)18-12-4-2-3-5-12/h10,12,14-16H,2-9,11H2,1H3,(H,18,23). The van der Waals surface area contributed by atoms with Crippen molar-refractivity contribution in [2.24, 2.45) is 0 Å². The number of fused-ring (bicyclic) bond motifs is 2.